The van der Waals surface area contributed by atoms with Crippen LogP contribution in [-0.4, -0.2) is 0 Å². The highest BCUT2D eigenvalue weighted by Crippen LogP contribution is 2.44. The Hall–Kier alpha value is -7.68. The van der Waals surface area contributed by atoms with Gasteiger partial charge in [0.05, 0.1) is 5.69 Å². The molecule has 0 unspecified atom stereocenters. The number of anilines is 3. The van der Waals surface area contributed by atoms with Crippen LogP contribution in [0.1, 0.15) is 11.1 Å². The molecule has 0 fully saturated rings. The minimum atomic E-state index is 0.880. The van der Waals surface area contributed by atoms with Crippen LogP contribution >= 0.6 is 0 Å². The number of hydrogen-bond donors (Lipinski definition) is 0. The first-order valence-electron chi connectivity index (χ1n) is 19.7. The molecule has 1 heterocycles. The van der Waals surface area contributed by atoms with Crippen molar-refractivity contribution in [3.63, 3.8) is 0 Å². The predicted octanol–water partition coefficient (Wildman–Crippen LogP) is 15.8. The van der Waals surface area contributed by atoms with Crippen molar-refractivity contribution in [1.29, 1.82) is 0 Å². The third kappa shape index (κ3) is 6.57. The van der Waals surface area contributed by atoms with Crippen molar-refractivity contribution in [3.8, 4) is 33.4 Å². The fourth-order valence-electron chi connectivity index (χ4n) is 8.19. The van der Waals surface area contributed by atoms with Crippen molar-refractivity contribution >= 4 is 55.3 Å². The number of furan rings is 1. The van der Waals surface area contributed by atoms with E-state index in [1.807, 2.05) is 6.08 Å². The van der Waals surface area contributed by atoms with Crippen LogP contribution in [0.15, 0.2) is 235 Å². The van der Waals surface area contributed by atoms with Gasteiger partial charge in [-0.2, -0.15) is 0 Å². The third-order valence-electron chi connectivity index (χ3n) is 11.0. The molecule has 0 aliphatic heterocycles. The van der Waals surface area contributed by atoms with E-state index in [4.69, 9.17) is 4.42 Å². The van der Waals surface area contributed by atoms with E-state index in [1.165, 1.54) is 27.5 Å². The Morgan fingerprint density at radius 3 is 1.79 bits per heavy atom. The van der Waals surface area contributed by atoms with Crippen molar-refractivity contribution in [2.24, 2.45) is 0 Å². The van der Waals surface area contributed by atoms with Crippen LogP contribution < -0.4 is 4.90 Å². The second-order valence-corrected chi connectivity index (χ2v) is 14.6. The Kier molecular flexibility index (Phi) is 9.06. The Bertz CT molecular complexity index is 3120. The second-order valence-electron chi connectivity index (χ2n) is 14.6. The van der Waals surface area contributed by atoms with E-state index < -0.39 is 0 Å². The lowest BCUT2D eigenvalue weighted by Crippen LogP contribution is -2.11. The van der Waals surface area contributed by atoms with Crippen LogP contribution in [0.25, 0.3) is 71.7 Å². The van der Waals surface area contributed by atoms with E-state index in [0.29, 0.717) is 0 Å². The normalized spacial score (nSPS) is 11.6. The number of hydrogen-bond acceptors (Lipinski definition) is 2. The highest BCUT2D eigenvalue weighted by molar-refractivity contribution is 6.11. The quantitative estimate of drug-likeness (QED) is 0.137. The van der Waals surface area contributed by atoms with Crippen LogP contribution in [-0.2, 0) is 0 Å². The fourth-order valence-corrected chi connectivity index (χ4v) is 8.19. The number of nitrogens with zero attached hydrogens (tertiary/aromatic N) is 1. The van der Waals surface area contributed by atoms with Gasteiger partial charge in [0.1, 0.15) is 11.2 Å². The summed E-state index contributed by atoms with van der Waals surface area (Å²) >= 11 is 0. The molecule has 2 heteroatoms. The van der Waals surface area contributed by atoms with Crippen molar-refractivity contribution in [2.75, 3.05) is 4.90 Å². The molecule has 0 radical (unpaired) electrons. The van der Waals surface area contributed by atoms with E-state index in [2.05, 4.69) is 230 Å². The third-order valence-corrected chi connectivity index (χ3v) is 11.0. The van der Waals surface area contributed by atoms with E-state index in [9.17, 15) is 0 Å². The minimum absolute atomic E-state index is 0.880. The molecule has 9 aromatic carbocycles. The zero-order valence-corrected chi connectivity index (χ0v) is 31.9. The Balaban J connectivity index is 1.12. The van der Waals surface area contributed by atoms with Crippen molar-refractivity contribution in [3.05, 3.63) is 242 Å². The molecule has 10 rings (SSSR count). The summed E-state index contributed by atoms with van der Waals surface area (Å²) in [5, 5.41) is 4.59. The van der Waals surface area contributed by atoms with Gasteiger partial charge in [-0.25, -0.2) is 0 Å². The van der Waals surface area contributed by atoms with Gasteiger partial charge in [0.15, 0.2) is 0 Å². The van der Waals surface area contributed by atoms with Gasteiger partial charge in [-0.1, -0.05) is 170 Å². The summed E-state index contributed by atoms with van der Waals surface area (Å²) in [5.41, 5.74) is 15.3. The molecular weight excluding hydrogens is 703 g/mol. The topological polar surface area (TPSA) is 16.4 Å². The largest absolute Gasteiger partial charge is 0.456 e. The summed E-state index contributed by atoms with van der Waals surface area (Å²) in [6, 6.07) is 75.8. The summed E-state index contributed by atoms with van der Waals surface area (Å²) in [4.78, 5) is 2.38. The van der Waals surface area contributed by atoms with Crippen molar-refractivity contribution in [2.45, 2.75) is 0 Å². The molecule has 0 amide bonds. The lowest BCUT2D eigenvalue weighted by molar-refractivity contribution is 0.669. The van der Waals surface area contributed by atoms with E-state index in [-0.39, 0.29) is 0 Å². The molecule has 0 bridgehead atoms. The number of rotatable bonds is 9. The van der Waals surface area contributed by atoms with Crippen LogP contribution in [0.3, 0.4) is 0 Å². The average Bonchev–Trinajstić information content (AvgIpc) is 3.65. The summed E-state index contributed by atoms with van der Waals surface area (Å²) in [6.45, 7) is 4.06. The molecular formula is C56H39NO. The Morgan fingerprint density at radius 1 is 0.414 bits per heavy atom. The summed E-state index contributed by atoms with van der Waals surface area (Å²) in [5.74, 6) is 0. The summed E-state index contributed by atoms with van der Waals surface area (Å²) in [7, 11) is 0. The van der Waals surface area contributed by atoms with Gasteiger partial charge in [0, 0.05) is 27.7 Å². The fraction of sp³-hybridized carbons (Fsp3) is 0. The number of para-hydroxylation sites is 1. The molecule has 2 nitrogen and oxygen atoms in total. The number of allylic oxidation sites excluding steroid dienone is 2. The van der Waals surface area contributed by atoms with Crippen LogP contribution in [0, 0.1) is 0 Å². The first-order chi connectivity index (χ1) is 28.7. The summed E-state index contributed by atoms with van der Waals surface area (Å²) < 4.78 is 6.42. The van der Waals surface area contributed by atoms with Gasteiger partial charge >= 0.3 is 0 Å². The Labute approximate surface area is 338 Å². The van der Waals surface area contributed by atoms with Crippen LogP contribution in [0.5, 0.6) is 0 Å². The molecule has 1 aromatic heterocycles. The highest BCUT2D eigenvalue weighted by Gasteiger charge is 2.20. The van der Waals surface area contributed by atoms with Gasteiger partial charge in [-0.15, -0.1) is 0 Å². The molecule has 0 spiro atoms. The maximum absolute atomic E-state index is 6.42. The zero-order valence-electron chi connectivity index (χ0n) is 31.9. The summed E-state index contributed by atoms with van der Waals surface area (Å²) in [6.07, 6.45) is 3.96. The van der Waals surface area contributed by atoms with Gasteiger partial charge in [-0.05, 0) is 116 Å². The van der Waals surface area contributed by atoms with Gasteiger partial charge in [0.2, 0.25) is 0 Å². The molecule has 0 N–H and O–H groups in total. The first-order valence-corrected chi connectivity index (χ1v) is 19.7. The standard InChI is InChI=1S/C56H39NO/c1-2-15-50(41-18-7-4-8-19-41)46-24-14-25-49(35-46)57(48-31-28-40(29-32-48)43-23-13-22-42(34-43)39-16-5-3-6-17-39)54-27-12-11-26-51(54)47-30-33-55-52(37-47)53-36-44-20-9-10-21-45(44)38-56(53)58-55/h2-38H,1H2/b50-15+. The van der Waals surface area contributed by atoms with Crippen molar-refractivity contribution < 1.29 is 4.42 Å². The molecule has 0 aliphatic carbocycles. The molecule has 0 saturated carbocycles. The van der Waals surface area contributed by atoms with Crippen molar-refractivity contribution in [1.82, 2.24) is 0 Å². The maximum atomic E-state index is 6.42. The second kappa shape index (κ2) is 15.1. The molecule has 0 atom stereocenters. The van der Waals surface area contributed by atoms with Crippen LogP contribution in [0.4, 0.5) is 17.1 Å². The minimum Gasteiger partial charge on any atom is -0.456 e. The van der Waals surface area contributed by atoms with Gasteiger partial charge < -0.3 is 9.32 Å². The highest BCUT2D eigenvalue weighted by atomic mass is 16.3. The predicted molar refractivity (Wildman–Crippen MR) is 246 cm³/mol. The lowest BCUT2D eigenvalue weighted by Gasteiger charge is -2.28. The van der Waals surface area contributed by atoms with Gasteiger partial charge in [0.25, 0.3) is 0 Å². The molecule has 10 aromatic rings. The van der Waals surface area contributed by atoms with E-state index in [1.54, 1.807) is 0 Å². The monoisotopic (exact) mass is 741 g/mol. The maximum Gasteiger partial charge on any atom is 0.136 e. The molecule has 0 saturated heterocycles. The SMILES string of the molecule is C=C/C=C(\c1ccccc1)c1cccc(N(c2ccc(-c3cccc(-c4ccccc4)c3)cc2)c2ccccc2-c2ccc3oc4cc5ccccc5cc4c3c2)c1. The zero-order chi connectivity index (χ0) is 38.8. The van der Waals surface area contributed by atoms with Crippen LogP contribution in [0.2, 0.25) is 0 Å². The van der Waals surface area contributed by atoms with E-state index in [0.717, 1.165) is 72.4 Å². The lowest BCUT2D eigenvalue weighted by atomic mass is 9.96. The first kappa shape index (κ1) is 34.8. The molecule has 274 valence electrons. The Morgan fingerprint density at radius 2 is 1.02 bits per heavy atom. The van der Waals surface area contributed by atoms with E-state index >= 15 is 0 Å². The molecule has 58 heavy (non-hydrogen) atoms. The van der Waals surface area contributed by atoms with Gasteiger partial charge in [-0.3, -0.25) is 0 Å². The number of benzene rings is 9. The smallest absolute Gasteiger partial charge is 0.136 e. The molecule has 0 aliphatic rings. The average molecular weight is 742 g/mol. The number of fused-ring (bicyclic) bond motifs is 4.